The van der Waals surface area contributed by atoms with Gasteiger partial charge >= 0.3 is 5.97 Å². The SMILES string of the molecule is CC(=O)NCCOCCNc1c(NCCCCCCO[C@]2(C(=O)O)C[C@H](O)[C@@H](NC(=O)CF)[C@H]([C@H](O)[C@H](O)CNC(=O)Cc3ccc(-c4ccccc4)cc3)O2)c(=O)c1=O. The molecule has 6 atom stereocenters. The van der Waals surface area contributed by atoms with E-state index >= 15 is 0 Å². The molecule has 0 unspecified atom stereocenters. The fourth-order valence-corrected chi connectivity index (χ4v) is 6.60. The van der Waals surface area contributed by atoms with Crippen LogP contribution in [-0.2, 0) is 39.8 Å². The van der Waals surface area contributed by atoms with Crippen molar-refractivity contribution in [2.24, 2.45) is 0 Å². The van der Waals surface area contributed by atoms with Crippen LogP contribution in [0.2, 0.25) is 0 Å². The van der Waals surface area contributed by atoms with Crippen molar-refractivity contribution in [1.29, 1.82) is 0 Å². The maximum atomic E-state index is 13.2. The molecular weight excluding hydrogens is 789 g/mol. The van der Waals surface area contributed by atoms with Crippen LogP contribution >= 0.6 is 0 Å². The minimum Gasteiger partial charge on any atom is -0.477 e. The Hall–Kier alpha value is -5.31. The minimum atomic E-state index is -2.53. The van der Waals surface area contributed by atoms with Crippen LogP contribution in [-0.4, -0.2) is 133 Å². The highest BCUT2D eigenvalue weighted by Gasteiger charge is 2.55. The average molecular weight is 844 g/mol. The number of carbonyl (C=O) groups is 4. The van der Waals surface area contributed by atoms with Crippen LogP contribution in [0.3, 0.4) is 0 Å². The Bertz CT molecular complexity index is 1930. The summed E-state index contributed by atoms with van der Waals surface area (Å²) in [5, 5.41) is 56.3. The molecule has 0 radical (unpaired) electrons. The quantitative estimate of drug-likeness (QED) is 0.0379. The van der Waals surface area contributed by atoms with Crippen molar-refractivity contribution in [2.45, 2.75) is 81.7 Å². The Morgan fingerprint density at radius 3 is 2.12 bits per heavy atom. The van der Waals surface area contributed by atoms with Gasteiger partial charge in [0.2, 0.25) is 11.8 Å². The first-order chi connectivity index (χ1) is 28.8. The molecule has 0 bridgehead atoms. The molecule has 3 aromatic carbocycles. The molecule has 1 saturated heterocycles. The molecule has 3 aromatic rings. The second kappa shape index (κ2) is 23.5. The van der Waals surface area contributed by atoms with Crippen molar-refractivity contribution < 1.29 is 58.2 Å². The number of anilines is 2. The number of ether oxygens (including phenoxy) is 3. The molecule has 328 valence electrons. The second-order valence-electron chi connectivity index (χ2n) is 14.4. The zero-order valence-electron chi connectivity index (χ0n) is 33.3. The van der Waals surface area contributed by atoms with Gasteiger partial charge < -0.3 is 61.2 Å². The van der Waals surface area contributed by atoms with Gasteiger partial charge in [-0.05, 0) is 29.5 Å². The zero-order chi connectivity index (χ0) is 43.7. The first kappa shape index (κ1) is 47.4. The van der Waals surface area contributed by atoms with Gasteiger partial charge in [-0.1, -0.05) is 67.4 Å². The smallest absolute Gasteiger partial charge is 0.364 e. The van der Waals surface area contributed by atoms with E-state index in [0.717, 1.165) is 11.1 Å². The summed E-state index contributed by atoms with van der Waals surface area (Å²) in [5.41, 5.74) is 1.69. The number of nitrogens with one attached hydrogen (secondary N) is 5. The maximum Gasteiger partial charge on any atom is 0.364 e. The minimum absolute atomic E-state index is 0.0594. The topological polar surface area (TPSA) is 271 Å². The number of carbonyl (C=O) groups excluding carboxylic acids is 3. The number of carboxylic acids is 1. The third kappa shape index (κ3) is 13.6. The lowest BCUT2D eigenvalue weighted by atomic mass is 9.88. The lowest BCUT2D eigenvalue weighted by molar-refractivity contribution is -0.310. The zero-order valence-corrected chi connectivity index (χ0v) is 33.3. The molecule has 9 N–H and O–H groups in total. The van der Waals surface area contributed by atoms with E-state index in [1.54, 1.807) is 12.1 Å². The second-order valence-corrected chi connectivity index (χ2v) is 14.4. The van der Waals surface area contributed by atoms with Gasteiger partial charge in [0, 0.05) is 39.5 Å². The number of amides is 3. The molecule has 3 amide bonds. The Morgan fingerprint density at radius 1 is 0.833 bits per heavy atom. The van der Waals surface area contributed by atoms with Gasteiger partial charge in [-0.2, -0.15) is 0 Å². The summed E-state index contributed by atoms with van der Waals surface area (Å²) in [6.07, 6.45) is -6.07. The van der Waals surface area contributed by atoms with Crippen LogP contribution < -0.4 is 37.4 Å². The van der Waals surface area contributed by atoms with Gasteiger partial charge in [-0.15, -0.1) is 0 Å². The third-order valence-corrected chi connectivity index (χ3v) is 9.80. The number of benzene rings is 2. The molecule has 0 spiro atoms. The normalized spacial score (nSPS) is 19.9. The molecule has 1 heterocycles. The van der Waals surface area contributed by atoms with Crippen LogP contribution in [0.1, 0.15) is 44.6 Å². The molecule has 60 heavy (non-hydrogen) atoms. The summed E-state index contributed by atoms with van der Waals surface area (Å²) in [6, 6.07) is 15.4. The number of rotatable bonds is 26. The van der Waals surface area contributed by atoms with Crippen LogP contribution in [0, 0.1) is 0 Å². The van der Waals surface area contributed by atoms with Crippen molar-refractivity contribution in [1.82, 2.24) is 16.0 Å². The lowest BCUT2D eigenvalue weighted by Crippen LogP contribution is -2.68. The number of unbranched alkanes of at least 4 members (excludes halogenated alkanes) is 3. The summed E-state index contributed by atoms with van der Waals surface area (Å²) >= 11 is 0. The number of aliphatic hydroxyl groups excluding tert-OH is 3. The molecule has 1 aliphatic rings. The fraction of sp³-hybridized carbons (Fsp3) is 0.512. The highest BCUT2D eigenvalue weighted by atomic mass is 19.1. The molecule has 0 saturated carbocycles. The number of halogens is 1. The van der Waals surface area contributed by atoms with Gasteiger partial charge in [0.1, 0.15) is 23.6 Å². The van der Waals surface area contributed by atoms with Gasteiger partial charge in [-0.25, -0.2) is 9.18 Å². The molecule has 18 nitrogen and oxygen atoms in total. The van der Waals surface area contributed by atoms with Crippen LogP contribution in [0.4, 0.5) is 15.8 Å². The Morgan fingerprint density at radius 2 is 1.47 bits per heavy atom. The predicted octanol–water partition coefficient (Wildman–Crippen LogP) is -0.0312. The standard InChI is InChI=1S/C41H54FN5O13/c1-25(48)43-16-19-58-20-17-45-35-34(37(54)38(35)55)44-15-7-2-3-8-18-59-41(40(56)57)22-29(49)33(47-32(52)23-42)39(60-41)36(53)30(50)24-46-31(51)21-26-11-13-28(14-12-26)27-9-5-4-6-10-27/h4-6,9-14,29-30,33,36,39,44-45,49-50,53H,2-3,7-8,15-24H2,1H3,(H,43,48)(H,46,51)(H,47,52)(H,56,57)/t29-,30+,33+,36+,39+,41+/m0/s1. The van der Waals surface area contributed by atoms with Gasteiger partial charge in [0.15, 0.2) is 6.67 Å². The van der Waals surface area contributed by atoms with Crippen LogP contribution in [0.15, 0.2) is 64.2 Å². The Labute approximate surface area is 345 Å². The van der Waals surface area contributed by atoms with Crippen molar-refractivity contribution in [2.75, 3.05) is 63.3 Å². The molecule has 0 aliphatic carbocycles. The number of aliphatic hydroxyl groups is 3. The van der Waals surface area contributed by atoms with E-state index in [4.69, 9.17) is 14.2 Å². The van der Waals surface area contributed by atoms with Crippen LogP contribution in [0.25, 0.3) is 11.1 Å². The van der Waals surface area contributed by atoms with E-state index in [1.165, 1.54) is 6.92 Å². The number of hydrogen-bond acceptors (Lipinski definition) is 14. The monoisotopic (exact) mass is 843 g/mol. The molecule has 1 aliphatic heterocycles. The van der Waals surface area contributed by atoms with Gasteiger partial charge in [-0.3, -0.25) is 24.0 Å². The first-order valence-corrected chi connectivity index (χ1v) is 19.7. The first-order valence-electron chi connectivity index (χ1n) is 19.7. The molecule has 19 heteroatoms. The average Bonchev–Trinajstić information content (AvgIpc) is 3.24. The molecule has 1 fully saturated rings. The van der Waals surface area contributed by atoms with Gasteiger partial charge in [0.05, 0.1) is 44.5 Å². The van der Waals surface area contributed by atoms with E-state index in [2.05, 4.69) is 26.6 Å². The van der Waals surface area contributed by atoms with E-state index in [9.17, 15) is 53.6 Å². The molecule has 0 aromatic heterocycles. The Balaban J connectivity index is 1.24. The molecular formula is C41H54FN5O13. The van der Waals surface area contributed by atoms with E-state index in [-0.39, 0.29) is 43.5 Å². The number of carboxylic acid groups (broad SMARTS) is 1. The summed E-state index contributed by atoms with van der Waals surface area (Å²) < 4.78 is 30.0. The fourth-order valence-electron chi connectivity index (χ4n) is 6.60. The Kier molecular flexibility index (Phi) is 18.5. The highest BCUT2D eigenvalue weighted by Crippen LogP contribution is 2.34. The van der Waals surface area contributed by atoms with Gasteiger partial charge in [0.25, 0.3) is 22.6 Å². The van der Waals surface area contributed by atoms with Crippen molar-refractivity contribution in [3.8, 4) is 11.1 Å². The number of hydrogen-bond donors (Lipinski definition) is 9. The summed E-state index contributed by atoms with van der Waals surface area (Å²) in [6.45, 7) is 0.728. The summed E-state index contributed by atoms with van der Waals surface area (Å²) in [4.78, 5) is 72.3. The highest BCUT2D eigenvalue weighted by molar-refractivity contribution is 5.79. The summed E-state index contributed by atoms with van der Waals surface area (Å²) in [5.74, 6) is -6.04. The van der Waals surface area contributed by atoms with E-state index in [1.807, 2.05) is 42.5 Å². The summed E-state index contributed by atoms with van der Waals surface area (Å²) in [7, 11) is 0. The van der Waals surface area contributed by atoms with E-state index in [0.29, 0.717) is 50.9 Å². The van der Waals surface area contributed by atoms with Crippen molar-refractivity contribution >= 4 is 35.1 Å². The van der Waals surface area contributed by atoms with Crippen LogP contribution in [0.5, 0.6) is 0 Å². The maximum absolute atomic E-state index is 13.2. The molecule has 4 rings (SSSR count). The number of aliphatic carboxylic acids is 1. The van der Waals surface area contributed by atoms with E-state index < -0.39 is 84.5 Å². The lowest BCUT2D eigenvalue weighted by Gasteiger charge is -2.46. The largest absolute Gasteiger partial charge is 0.477 e. The third-order valence-electron chi connectivity index (χ3n) is 9.80. The van der Waals surface area contributed by atoms with Crippen molar-refractivity contribution in [3.63, 3.8) is 0 Å². The number of alkyl halides is 1. The van der Waals surface area contributed by atoms with Crippen molar-refractivity contribution in [3.05, 3.63) is 80.6 Å². The predicted molar refractivity (Wildman–Crippen MR) is 217 cm³/mol.